The normalized spacial score (nSPS) is 11.4. The number of hydrogen-bond donors (Lipinski definition) is 4. The molecule has 6 rings (SSSR count). The SMILES string of the molecule is Cc1cccc2cc3c(C(=O)NCCNCCNCCNC(=O)c4cccc5nc6cccc(C)c6nc45)cccc3nc12. The predicted octanol–water partition coefficient (Wildman–Crippen LogP) is 4.44. The highest BCUT2D eigenvalue weighted by Gasteiger charge is 2.14. The van der Waals surface area contributed by atoms with Crippen LogP contribution < -0.4 is 21.3 Å². The highest BCUT2D eigenvalue weighted by molar-refractivity contribution is 6.09. The first-order chi connectivity index (χ1) is 21.5. The number of benzene rings is 4. The van der Waals surface area contributed by atoms with E-state index in [4.69, 9.17) is 15.0 Å². The number of hydrogen-bond acceptors (Lipinski definition) is 7. The first kappa shape index (κ1) is 29.1. The summed E-state index contributed by atoms with van der Waals surface area (Å²) in [5.41, 5.74) is 8.00. The maximum Gasteiger partial charge on any atom is 0.253 e. The summed E-state index contributed by atoms with van der Waals surface area (Å²) in [6, 6.07) is 25.2. The zero-order valence-corrected chi connectivity index (χ0v) is 24.9. The second-order valence-electron chi connectivity index (χ2n) is 10.9. The van der Waals surface area contributed by atoms with E-state index in [-0.39, 0.29) is 11.8 Å². The molecular formula is C35H35N7O2. The highest BCUT2D eigenvalue weighted by atomic mass is 16.2. The van der Waals surface area contributed by atoms with Gasteiger partial charge < -0.3 is 21.3 Å². The molecule has 0 unspecified atom stereocenters. The Balaban J connectivity index is 0.916. The van der Waals surface area contributed by atoms with E-state index in [1.807, 2.05) is 86.6 Å². The Morgan fingerprint density at radius 3 is 1.82 bits per heavy atom. The van der Waals surface area contributed by atoms with Crippen LogP contribution in [0.15, 0.2) is 78.9 Å². The lowest BCUT2D eigenvalue weighted by Crippen LogP contribution is -2.37. The van der Waals surface area contributed by atoms with Crippen LogP contribution in [-0.4, -0.2) is 66.0 Å². The Kier molecular flexibility index (Phi) is 8.67. The average molecular weight is 586 g/mol. The number of nitrogens with one attached hydrogen (secondary N) is 4. The molecule has 4 aromatic carbocycles. The summed E-state index contributed by atoms with van der Waals surface area (Å²) in [4.78, 5) is 40.1. The van der Waals surface area contributed by atoms with Gasteiger partial charge in [0, 0.05) is 55.6 Å². The minimum absolute atomic E-state index is 0.111. The van der Waals surface area contributed by atoms with E-state index >= 15 is 0 Å². The predicted molar refractivity (Wildman–Crippen MR) is 176 cm³/mol. The molecule has 2 aromatic heterocycles. The van der Waals surface area contributed by atoms with Gasteiger partial charge >= 0.3 is 0 Å². The molecule has 6 aromatic rings. The van der Waals surface area contributed by atoms with Crippen molar-refractivity contribution in [3.05, 3.63) is 101 Å². The van der Waals surface area contributed by atoms with Crippen LogP contribution in [0.3, 0.4) is 0 Å². The summed E-state index contributed by atoms with van der Waals surface area (Å²) in [5.74, 6) is -0.278. The van der Waals surface area contributed by atoms with E-state index in [0.717, 1.165) is 57.1 Å². The van der Waals surface area contributed by atoms with Crippen molar-refractivity contribution >= 4 is 55.7 Å². The Morgan fingerprint density at radius 2 is 1.09 bits per heavy atom. The largest absolute Gasteiger partial charge is 0.351 e. The third kappa shape index (κ3) is 6.20. The number of carbonyl (C=O) groups is 2. The molecule has 222 valence electrons. The van der Waals surface area contributed by atoms with Crippen molar-refractivity contribution in [2.75, 3.05) is 39.3 Å². The number of nitrogens with zero attached hydrogens (tertiary/aromatic N) is 3. The Labute approximate surface area is 255 Å². The molecule has 2 amide bonds. The van der Waals surface area contributed by atoms with E-state index in [1.54, 1.807) is 6.07 Å². The van der Waals surface area contributed by atoms with Crippen LogP contribution in [0.1, 0.15) is 31.8 Å². The molecule has 9 heteroatoms. The van der Waals surface area contributed by atoms with Crippen molar-refractivity contribution in [3.63, 3.8) is 0 Å². The van der Waals surface area contributed by atoms with E-state index in [1.165, 1.54) is 0 Å². The zero-order valence-electron chi connectivity index (χ0n) is 24.9. The zero-order chi connectivity index (χ0) is 30.5. The van der Waals surface area contributed by atoms with Gasteiger partial charge in [-0.15, -0.1) is 0 Å². The fourth-order valence-electron chi connectivity index (χ4n) is 5.42. The smallest absolute Gasteiger partial charge is 0.253 e. The van der Waals surface area contributed by atoms with Crippen LogP contribution in [0.4, 0.5) is 0 Å². The molecule has 0 saturated carbocycles. The van der Waals surface area contributed by atoms with E-state index in [0.29, 0.717) is 48.3 Å². The van der Waals surface area contributed by atoms with Crippen LogP contribution in [-0.2, 0) is 0 Å². The number of amides is 2. The molecule has 9 nitrogen and oxygen atoms in total. The summed E-state index contributed by atoms with van der Waals surface area (Å²) < 4.78 is 0. The second-order valence-corrected chi connectivity index (χ2v) is 10.9. The van der Waals surface area contributed by atoms with Gasteiger partial charge in [0.05, 0.1) is 33.1 Å². The fourth-order valence-corrected chi connectivity index (χ4v) is 5.42. The first-order valence-electron chi connectivity index (χ1n) is 14.9. The van der Waals surface area contributed by atoms with Gasteiger partial charge in [-0.05, 0) is 61.4 Å². The molecule has 0 fully saturated rings. The van der Waals surface area contributed by atoms with E-state index in [2.05, 4.69) is 21.3 Å². The molecule has 2 heterocycles. The minimum Gasteiger partial charge on any atom is -0.351 e. The summed E-state index contributed by atoms with van der Waals surface area (Å²) in [5, 5.41) is 14.5. The lowest BCUT2D eigenvalue weighted by atomic mass is 10.0. The molecular weight excluding hydrogens is 550 g/mol. The summed E-state index contributed by atoms with van der Waals surface area (Å²) in [7, 11) is 0. The van der Waals surface area contributed by atoms with Crippen molar-refractivity contribution in [2.45, 2.75) is 13.8 Å². The molecule has 0 atom stereocenters. The highest BCUT2D eigenvalue weighted by Crippen LogP contribution is 2.25. The Morgan fingerprint density at radius 1 is 0.545 bits per heavy atom. The van der Waals surface area contributed by atoms with Crippen LogP contribution in [0.2, 0.25) is 0 Å². The van der Waals surface area contributed by atoms with E-state index in [9.17, 15) is 9.59 Å². The number of para-hydroxylation sites is 3. The van der Waals surface area contributed by atoms with Crippen molar-refractivity contribution in [2.24, 2.45) is 0 Å². The number of aryl methyl sites for hydroxylation is 2. The van der Waals surface area contributed by atoms with Gasteiger partial charge in [-0.3, -0.25) is 9.59 Å². The Hall–Kier alpha value is -4.99. The number of rotatable bonds is 11. The Bertz CT molecular complexity index is 2010. The van der Waals surface area contributed by atoms with E-state index < -0.39 is 0 Å². The molecule has 0 aliphatic heterocycles. The van der Waals surface area contributed by atoms with Gasteiger partial charge in [0.1, 0.15) is 5.52 Å². The van der Waals surface area contributed by atoms with Gasteiger partial charge in [-0.2, -0.15) is 0 Å². The van der Waals surface area contributed by atoms with Gasteiger partial charge in [0.25, 0.3) is 11.8 Å². The maximum atomic E-state index is 13.0. The van der Waals surface area contributed by atoms with Gasteiger partial charge in [-0.1, -0.05) is 42.5 Å². The molecule has 44 heavy (non-hydrogen) atoms. The van der Waals surface area contributed by atoms with Crippen molar-refractivity contribution in [1.29, 1.82) is 0 Å². The van der Waals surface area contributed by atoms with Crippen molar-refractivity contribution < 1.29 is 9.59 Å². The fraction of sp³-hybridized carbons (Fsp3) is 0.229. The lowest BCUT2D eigenvalue weighted by molar-refractivity contribution is 0.0947. The number of carbonyl (C=O) groups excluding carboxylic acids is 2. The third-order valence-corrected chi connectivity index (χ3v) is 7.72. The number of fused-ring (bicyclic) bond motifs is 4. The first-order valence-corrected chi connectivity index (χ1v) is 14.9. The quantitative estimate of drug-likeness (QED) is 0.131. The van der Waals surface area contributed by atoms with Gasteiger partial charge in [0.15, 0.2) is 0 Å². The monoisotopic (exact) mass is 585 g/mol. The van der Waals surface area contributed by atoms with Crippen molar-refractivity contribution in [1.82, 2.24) is 36.2 Å². The van der Waals surface area contributed by atoms with Crippen LogP contribution in [0.5, 0.6) is 0 Å². The van der Waals surface area contributed by atoms with Gasteiger partial charge in [0.2, 0.25) is 0 Å². The molecule has 0 aliphatic carbocycles. The van der Waals surface area contributed by atoms with Gasteiger partial charge in [-0.25, -0.2) is 15.0 Å². The van der Waals surface area contributed by atoms with Crippen molar-refractivity contribution in [3.8, 4) is 0 Å². The third-order valence-electron chi connectivity index (χ3n) is 7.72. The molecule has 0 aliphatic rings. The topological polar surface area (TPSA) is 121 Å². The standard InChI is InChI=1S/C35H35N7O2/c1-22-7-3-9-24-21-27-25(10-5-12-28(27)41-31(22)24)34(43)38-19-17-36-15-16-37-18-20-39-35(44)26-11-6-14-30-33(26)42-32-23(2)8-4-13-29(32)40-30/h3-14,21,36-37H,15-20H2,1-2H3,(H,38,43)(H,39,44). The van der Waals surface area contributed by atoms with Crippen LogP contribution in [0.25, 0.3) is 43.9 Å². The summed E-state index contributed by atoms with van der Waals surface area (Å²) in [6.45, 7) is 7.78. The molecule has 0 saturated heterocycles. The molecule has 0 bridgehead atoms. The number of aromatic nitrogens is 3. The van der Waals surface area contributed by atoms with Crippen LogP contribution >= 0.6 is 0 Å². The summed E-state index contributed by atoms with van der Waals surface area (Å²) >= 11 is 0. The molecule has 0 spiro atoms. The molecule has 4 N–H and O–H groups in total. The summed E-state index contributed by atoms with van der Waals surface area (Å²) in [6.07, 6.45) is 0. The molecule has 0 radical (unpaired) electrons. The lowest BCUT2D eigenvalue weighted by Gasteiger charge is -2.11. The maximum absolute atomic E-state index is 13.0. The number of pyridine rings is 1. The minimum atomic E-state index is -0.168. The second kappa shape index (κ2) is 13.1. The average Bonchev–Trinajstić information content (AvgIpc) is 3.03. The van der Waals surface area contributed by atoms with Crippen LogP contribution in [0, 0.1) is 13.8 Å².